The molecule has 0 aliphatic carbocycles. The smallest absolute Gasteiger partial charge is 0.0882 e. The van der Waals surface area contributed by atoms with Gasteiger partial charge in [-0.15, -0.1) is 0 Å². The number of nitrogens with one attached hydrogen (secondary N) is 1. The summed E-state index contributed by atoms with van der Waals surface area (Å²) in [5.41, 5.74) is 1.06. The predicted octanol–water partition coefficient (Wildman–Crippen LogP) is 0.969. The molecule has 14 heavy (non-hydrogen) atoms. The summed E-state index contributed by atoms with van der Waals surface area (Å²) in [6, 6.07) is 0. The molecule has 0 aromatic carbocycles. The highest BCUT2D eigenvalue weighted by atomic mass is 32.1. The minimum atomic E-state index is 0.893. The summed E-state index contributed by atoms with van der Waals surface area (Å²) in [6.45, 7) is 6.27. The van der Waals surface area contributed by atoms with Crippen molar-refractivity contribution in [1.82, 2.24) is 19.0 Å². The van der Waals surface area contributed by atoms with Crippen LogP contribution in [0, 0.1) is 0 Å². The van der Waals surface area contributed by atoms with Gasteiger partial charge in [0.15, 0.2) is 0 Å². The topological polar surface area (TPSA) is 41.0 Å². The lowest BCUT2D eigenvalue weighted by molar-refractivity contribution is 0.321. The van der Waals surface area contributed by atoms with Gasteiger partial charge in [0.1, 0.15) is 0 Å². The van der Waals surface area contributed by atoms with E-state index in [1.165, 1.54) is 18.1 Å². The maximum absolute atomic E-state index is 4.17. The average molecular weight is 214 g/mol. The molecule has 0 spiro atoms. The number of hydrogen-bond donors (Lipinski definition) is 1. The van der Waals surface area contributed by atoms with E-state index in [0.717, 1.165) is 31.9 Å². The molecule has 0 aliphatic heterocycles. The number of aromatic nitrogens is 2. The van der Waals surface area contributed by atoms with Crippen LogP contribution in [0.1, 0.15) is 19.0 Å². The van der Waals surface area contributed by atoms with E-state index in [2.05, 4.69) is 32.9 Å². The van der Waals surface area contributed by atoms with Crippen molar-refractivity contribution in [2.45, 2.75) is 19.9 Å². The van der Waals surface area contributed by atoms with E-state index in [9.17, 15) is 0 Å². The fraction of sp³-hybridized carbons (Fsp3) is 0.778. The standard InChI is InChI=1S/C9H18N4S/c1-3-4-10-5-6-13(2)8-9-7-11-14-12-9/h7,10H,3-6,8H2,1-2H3. The van der Waals surface area contributed by atoms with Gasteiger partial charge in [-0.2, -0.15) is 8.75 Å². The van der Waals surface area contributed by atoms with Gasteiger partial charge >= 0.3 is 0 Å². The van der Waals surface area contributed by atoms with Crippen LogP contribution in [0.25, 0.3) is 0 Å². The molecule has 1 rings (SSSR count). The van der Waals surface area contributed by atoms with Crippen LogP contribution in [0.3, 0.4) is 0 Å². The third kappa shape index (κ3) is 4.64. The predicted molar refractivity (Wildman–Crippen MR) is 59.4 cm³/mol. The molecule has 1 N–H and O–H groups in total. The third-order valence-corrected chi connectivity index (χ3v) is 2.45. The van der Waals surface area contributed by atoms with Crippen molar-refractivity contribution in [1.29, 1.82) is 0 Å². The Balaban J connectivity index is 2.07. The zero-order chi connectivity index (χ0) is 10.2. The Morgan fingerprint density at radius 3 is 3.00 bits per heavy atom. The molecule has 0 aliphatic rings. The van der Waals surface area contributed by atoms with Crippen LogP contribution in [0.4, 0.5) is 0 Å². The molecule has 0 bridgehead atoms. The molecule has 80 valence electrons. The van der Waals surface area contributed by atoms with Crippen LogP contribution in [-0.2, 0) is 6.54 Å². The highest BCUT2D eigenvalue weighted by molar-refractivity contribution is 6.99. The van der Waals surface area contributed by atoms with Gasteiger partial charge in [-0.25, -0.2) is 0 Å². The average Bonchev–Trinajstić information content (AvgIpc) is 2.65. The second-order valence-corrected chi connectivity index (χ2v) is 3.94. The maximum Gasteiger partial charge on any atom is 0.0882 e. The quantitative estimate of drug-likeness (QED) is 0.687. The number of nitrogens with zero attached hydrogens (tertiary/aromatic N) is 3. The zero-order valence-corrected chi connectivity index (χ0v) is 9.68. The molecule has 1 heterocycles. The Bertz CT molecular complexity index is 225. The minimum Gasteiger partial charge on any atom is -0.315 e. The molecule has 0 fully saturated rings. The van der Waals surface area contributed by atoms with Crippen molar-refractivity contribution >= 4 is 11.7 Å². The van der Waals surface area contributed by atoms with Gasteiger partial charge < -0.3 is 5.32 Å². The molecule has 0 saturated carbocycles. The molecule has 4 nitrogen and oxygen atoms in total. The van der Waals surface area contributed by atoms with E-state index < -0.39 is 0 Å². The molecule has 0 radical (unpaired) electrons. The molecular formula is C9H18N4S. The number of rotatable bonds is 7. The van der Waals surface area contributed by atoms with Gasteiger partial charge in [0.2, 0.25) is 0 Å². The summed E-state index contributed by atoms with van der Waals surface area (Å²) < 4.78 is 8.14. The van der Waals surface area contributed by atoms with Crippen molar-refractivity contribution in [3.05, 3.63) is 11.9 Å². The Labute approximate surface area is 89.7 Å². The number of hydrogen-bond acceptors (Lipinski definition) is 5. The van der Waals surface area contributed by atoms with Crippen LogP contribution in [0.2, 0.25) is 0 Å². The first-order valence-electron chi connectivity index (χ1n) is 4.98. The fourth-order valence-corrected chi connectivity index (χ4v) is 1.61. The summed E-state index contributed by atoms with van der Waals surface area (Å²) in [4.78, 5) is 2.25. The van der Waals surface area contributed by atoms with Crippen molar-refractivity contribution < 1.29 is 0 Å². The van der Waals surface area contributed by atoms with Crippen LogP contribution in [0.5, 0.6) is 0 Å². The Kier molecular flexibility index (Phi) is 5.66. The minimum absolute atomic E-state index is 0.893. The highest BCUT2D eigenvalue weighted by Gasteiger charge is 2.01. The van der Waals surface area contributed by atoms with Crippen LogP contribution in [-0.4, -0.2) is 40.3 Å². The molecule has 0 amide bonds. The Morgan fingerprint density at radius 2 is 2.36 bits per heavy atom. The summed E-state index contributed by atoms with van der Waals surface area (Å²) in [5.74, 6) is 0. The summed E-state index contributed by atoms with van der Waals surface area (Å²) in [6.07, 6.45) is 3.03. The van der Waals surface area contributed by atoms with E-state index in [0.29, 0.717) is 0 Å². The number of likely N-dealkylation sites (N-methyl/N-ethyl adjacent to an activating group) is 1. The molecule has 1 aromatic rings. The van der Waals surface area contributed by atoms with Crippen molar-refractivity contribution in [3.8, 4) is 0 Å². The summed E-state index contributed by atoms with van der Waals surface area (Å²) in [5, 5.41) is 3.37. The molecule has 0 saturated heterocycles. The van der Waals surface area contributed by atoms with E-state index in [1.54, 1.807) is 0 Å². The first-order chi connectivity index (χ1) is 6.83. The Morgan fingerprint density at radius 1 is 1.50 bits per heavy atom. The van der Waals surface area contributed by atoms with Gasteiger partial charge in [-0.05, 0) is 20.0 Å². The molecule has 1 aromatic heterocycles. The lowest BCUT2D eigenvalue weighted by Crippen LogP contribution is -2.29. The first-order valence-corrected chi connectivity index (χ1v) is 5.71. The van der Waals surface area contributed by atoms with Crippen LogP contribution < -0.4 is 5.32 Å². The van der Waals surface area contributed by atoms with Crippen LogP contribution >= 0.6 is 11.7 Å². The molecule has 0 atom stereocenters. The first kappa shape index (κ1) is 11.6. The van der Waals surface area contributed by atoms with E-state index >= 15 is 0 Å². The van der Waals surface area contributed by atoms with Gasteiger partial charge in [0.05, 0.1) is 23.6 Å². The fourth-order valence-electron chi connectivity index (χ4n) is 1.18. The molecular weight excluding hydrogens is 196 g/mol. The molecule has 5 heteroatoms. The second kappa shape index (κ2) is 6.86. The normalized spacial score (nSPS) is 11.1. The SMILES string of the molecule is CCCNCCN(C)Cc1cnsn1. The second-order valence-electron chi connectivity index (χ2n) is 3.39. The summed E-state index contributed by atoms with van der Waals surface area (Å²) >= 11 is 1.27. The monoisotopic (exact) mass is 214 g/mol. The maximum atomic E-state index is 4.17. The largest absolute Gasteiger partial charge is 0.315 e. The lowest BCUT2D eigenvalue weighted by Gasteiger charge is -2.14. The molecule has 0 unspecified atom stereocenters. The van der Waals surface area contributed by atoms with Gasteiger partial charge in [0.25, 0.3) is 0 Å². The van der Waals surface area contributed by atoms with Gasteiger partial charge in [0, 0.05) is 19.6 Å². The Hall–Kier alpha value is -0.520. The van der Waals surface area contributed by atoms with Crippen LogP contribution in [0.15, 0.2) is 6.20 Å². The highest BCUT2D eigenvalue weighted by Crippen LogP contribution is 1.98. The van der Waals surface area contributed by atoms with Gasteiger partial charge in [-0.3, -0.25) is 4.90 Å². The van der Waals surface area contributed by atoms with E-state index in [4.69, 9.17) is 0 Å². The van der Waals surface area contributed by atoms with E-state index in [1.807, 2.05) is 6.20 Å². The van der Waals surface area contributed by atoms with Crippen molar-refractivity contribution in [3.63, 3.8) is 0 Å². The van der Waals surface area contributed by atoms with Gasteiger partial charge in [-0.1, -0.05) is 6.92 Å². The van der Waals surface area contributed by atoms with E-state index in [-0.39, 0.29) is 0 Å². The summed E-state index contributed by atoms with van der Waals surface area (Å²) in [7, 11) is 2.10. The van der Waals surface area contributed by atoms with Crippen molar-refractivity contribution in [2.75, 3.05) is 26.7 Å². The van der Waals surface area contributed by atoms with Crippen molar-refractivity contribution in [2.24, 2.45) is 0 Å². The zero-order valence-electron chi connectivity index (χ0n) is 8.86. The lowest BCUT2D eigenvalue weighted by atomic mass is 10.4. The third-order valence-electron chi connectivity index (χ3n) is 1.94.